The topological polar surface area (TPSA) is 112 Å². The van der Waals surface area contributed by atoms with E-state index in [0.717, 1.165) is 23.0 Å². The van der Waals surface area contributed by atoms with Crippen molar-refractivity contribution in [3.63, 3.8) is 0 Å². The summed E-state index contributed by atoms with van der Waals surface area (Å²) in [6, 6.07) is 8.50. The third kappa shape index (κ3) is 4.41. The molecule has 3 N–H and O–H groups in total. The van der Waals surface area contributed by atoms with E-state index in [9.17, 15) is 19.5 Å². The molecule has 0 atom stereocenters. The minimum Gasteiger partial charge on any atom is -0.545 e. The zero-order chi connectivity index (χ0) is 17.0. The molecule has 0 radical (unpaired) electrons. The molecule has 0 saturated heterocycles. The molecule has 0 aliphatic heterocycles. The van der Waals surface area contributed by atoms with Crippen LogP contribution in [-0.2, 0) is 9.59 Å². The quantitative estimate of drug-likeness (QED) is 0.794. The smallest absolute Gasteiger partial charge is 0.260 e. The zero-order valence-electron chi connectivity index (χ0n) is 11.5. The average molecular weight is 350 g/mol. The van der Waals surface area contributed by atoms with Gasteiger partial charge in [-0.2, -0.15) is 0 Å². The Kier molecular flexibility index (Phi) is 5.15. The Morgan fingerprint density at radius 3 is 2.39 bits per heavy atom. The van der Waals surface area contributed by atoms with Crippen LogP contribution in [0.25, 0.3) is 10.4 Å². The molecule has 2 amide bonds. The maximum Gasteiger partial charge on any atom is 0.260 e. The second kappa shape index (κ2) is 7.08. The van der Waals surface area contributed by atoms with Crippen LogP contribution in [0.4, 0.5) is 5.69 Å². The van der Waals surface area contributed by atoms with Gasteiger partial charge in [0.15, 0.2) is 0 Å². The summed E-state index contributed by atoms with van der Waals surface area (Å²) in [6.07, 6.45) is 1.38. The fourth-order valence-corrected chi connectivity index (χ4v) is 2.84. The molecule has 1 heterocycles. The summed E-state index contributed by atoms with van der Waals surface area (Å²) >= 11 is 6.93. The number of halogens is 1. The molecule has 0 unspecified atom stereocenters. The summed E-state index contributed by atoms with van der Waals surface area (Å²) in [5, 5.41) is 13.3. The highest BCUT2D eigenvalue weighted by Crippen LogP contribution is 2.35. The fraction of sp³-hybridized carbons (Fsp3) is 0. The standard InChI is InChI=1S/C15H11ClN2O4S/c16-9-3-1-8(2-4-9)11-7-10(14(23-11)15(17)22)18-12(19)5-6-13(20)21/h1-7H,(H2,17,22)(H,18,19)(H,20,21)/p-1. The van der Waals surface area contributed by atoms with E-state index in [2.05, 4.69) is 5.32 Å². The lowest BCUT2D eigenvalue weighted by Crippen LogP contribution is -2.20. The molecule has 0 aliphatic carbocycles. The van der Waals surface area contributed by atoms with E-state index in [0.29, 0.717) is 16.0 Å². The highest BCUT2D eigenvalue weighted by molar-refractivity contribution is 7.18. The number of nitrogens with two attached hydrogens (primary N) is 1. The van der Waals surface area contributed by atoms with E-state index in [1.807, 2.05) is 0 Å². The summed E-state index contributed by atoms with van der Waals surface area (Å²) in [4.78, 5) is 34.3. The lowest BCUT2D eigenvalue weighted by atomic mass is 10.2. The number of thiophene rings is 1. The first-order chi connectivity index (χ1) is 10.9. The largest absolute Gasteiger partial charge is 0.545 e. The van der Waals surface area contributed by atoms with Gasteiger partial charge in [-0.1, -0.05) is 23.7 Å². The molecule has 0 fully saturated rings. The maximum atomic E-state index is 11.6. The lowest BCUT2D eigenvalue weighted by molar-refractivity contribution is -0.297. The third-order valence-corrected chi connectivity index (χ3v) is 4.16. The van der Waals surface area contributed by atoms with Crippen molar-refractivity contribution < 1.29 is 19.5 Å². The van der Waals surface area contributed by atoms with Gasteiger partial charge in [0.25, 0.3) is 5.91 Å². The average Bonchev–Trinajstić information content (AvgIpc) is 2.90. The number of carbonyl (C=O) groups is 3. The number of hydrogen-bond donors (Lipinski definition) is 2. The van der Waals surface area contributed by atoms with E-state index >= 15 is 0 Å². The summed E-state index contributed by atoms with van der Waals surface area (Å²) in [7, 11) is 0. The number of aliphatic carboxylic acids is 1. The number of hydrogen-bond acceptors (Lipinski definition) is 5. The normalized spacial score (nSPS) is 10.7. The first-order valence-electron chi connectivity index (χ1n) is 6.26. The summed E-state index contributed by atoms with van der Waals surface area (Å²) in [5.74, 6) is -2.91. The van der Waals surface area contributed by atoms with Gasteiger partial charge in [-0.05, 0) is 29.8 Å². The van der Waals surface area contributed by atoms with Gasteiger partial charge in [0.2, 0.25) is 5.91 Å². The molecule has 8 heteroatoms. The molecule has 23 heavy (non-hydrogen) atoms. The minimum atomic E-state index is -1.50. The van der Waals surface area contributed by atoms with E-state index in [1.54, 1.807) is 30.3 Å². The van der Waals surface area contributed by atoms with Crippen molar-refractivity contribution in [1.82, 2.24) is 0 Å². The Balaban J connectivity index is 2.32. The Hall–Kier alpha value is -2.64. The molecule has 2 aromatic rings. The number of carboxylic acids is 1. The minimum absolute atomic E-state index is 0.158. The monoisotopic (exact) mass is 349 g/mol. The fourth-order valence-electron chi connectivity index (χ4n) is 1.74. The van der Waals surface area contributed by atoms with Crippen molar-refractivity contribution in [2.24, 2.45) is 5.73 Å². The van der Waals surface area contributed by atoms with Crippen LogP contribution in [0.3, 0.4) is 0 Å². The van der Waals surface area contributed by atoms with Crippen molar-refractivity contribution in [2.45, 2.75) is 0 Å². The second-order valence-electron chi connectivity index (χ2n) is 4.37. The van der Waals surface area contributed by atoms with Crippen LogP contribution in [0.15, 0.2) is 42.5 Å². The molecule has 0 aliphatic rings. The number of rotatable bonds is 5. The number of nitrogens with one attached hydrogen (secondary N) is 1. The molecule has 1 aromatic carbocycles. The van der Waals surface area contributed by atoms with Crippen molar-refractivity contribution >= 4 is 46.4 Å². The van der Waals surface area contributed by atoms with E-state index in [4.69, 9.17) is 17.3 Å². The van der Waals surface area contributed by atoms with E-state index < -0.39 is 17.8 Å². The van der Waals surface area contributed by atoms with Crippen LogP contribution in [0.1, 0.15) is 9.67 Å². The Morgan fingerprint density at radius 2 is 1.83 bits per heavy atom. The van der Waals surface area contributed by atoms with E-state index in [-0.39, 0.29) is 10.6 Å². The van der Waals surface area contributed by atoms with Crippen molar-refractivity contribution in [3.8, 4) is 10.4 Å². The van der Waals surface area contributed by atoms with Crippen molar-refractivity contribution in [2.75, 3.05) is 5.32 Å². The zero-order valence-corrected chi connectivity index (χ0v) is 13.1. The Bertz CT molecular complexity index is 796. The highest BCUT2D eigenvalue weighted by Gasteiger charge is 2.16. The first-order valence-corrected chi connectivity index (χ1v) is 7.46. The molecule has 0 bridgehead atoms. The van der Waals surface area contributed by atoms with Gasteiger partial charge >= 0.3 is 0 Å². The predicted molar refractivity (Wildman–Crippen MR) is 86.1 cm³/mol. The van der Waals surface area contributed by atoms with Gasteiger partial charge in [0, 0.05) is 16.0 Å². The van der Waals surface area contributed by atoms with Crippen LogP contribution in [0.2, 0.25) is 5.02 Å². The van der Waals surface area contributed by atoms with Crippen LogP contribution in [0, 0.1) is 0 Å². The maximum absolute atomic E-state index is 11.6. The molecule has 1 aromatic heterocycles. The number of amides is 2. The van der Waals surface area contributed by atoms with Crippen LogP contribution in [-0.4, -0.2) is 17.8 Å². The SMILES string of the molecule is NC(=O)c1sc(-c2ccc(Cl)cc2)cc1NC(=O)C=CC(=O)[O-]. The summed E-state index contributed by atoms with van der Waals surface area (Å²) in [6.45, 7) is 0. The second-order valence-corrected chi connectivity index (χ2v) is 5.85. The number of carbonyl (C=O) groups excluding carboxylic acids is 3. The Labute approximate surface area is 140 Å². The van der Waals surface area contributed by atoms with Crippen LogP contribution < -0.4 is 16.2 Å². The molecule has 6 nitrogen and oxygen atoms in total. The van der Waals surface area contributed by atoms with Gasteiger partial charge in [-0.15, -0.1) is 11.3 Å². The Morgan fingerprint density at radius 1 is 1.17 bits per heavy atom. The van der Waals surface area contributed by atoms with Gasteiger partial charge < -0.3 is 21.0 Å². The molecular formula is C15H10ClN2O4S-. The number of carboxylic acid groups (broad SMARTS) is 1. The molecule has 118 valence electrons. The molecule has 0 saturated carbocycles. The van der Waals surface area contributed by atoms with Gasteiger partial charge in [0.05, 0.1) is 11.7 Å². The first kappa shape index (κ1) is 16.7. The molecule has 2 rings (SSSR count). The highest BCUT2D eigenvalue weighted by atomic mass is 35.5. The van der Waals surface area contributed by atoms with Crippen LogP contribution >= 0.6 is 22.9 Å². The van der Waals surface area contributed by atoms with Crippen molar-refractivity contribution in [3.05, 3.63) is 52.4 Å². The van der Waals surface area contributed by atoms with Gasteiger partial charge in [-0.3, -0.25) is 9.59 Å². The van der Waals surface area contributed by atoms with Gasteiger partial charge in [0.1, 0.15) is 4.88 Å². The summed E-state index contributed by atoms with van der Waals surface area (Å²) < 4.78 is 0. The lowest BCUT2D eigenvalue weighted by Gasteiger charge is -2.01. The molecular weight excluding hydrogens is 340 g/mol. The molecule has 0 spiro atoms. The predicted octanol–water partition coefficient (Wildman–Crippen LogP) is 1.41. The van der Waals surface area contributed by atoms with E-state index in [1.165, 1.54) is 0 Å². The summed E-state index contributed by atoms with van der Waals surface area (Å²) in [5.41, 5.74) is 6.31. The number of benzene rings is 1. The number of primary amides is 1. The third-order valence-electron chi connectivity index (χ3n) is 2.71. The van der Waals surface area contributed by atoms with Crippen LogP contribution in [0.5, 0.6) is 0 Å². The number of anilines is 1. The van der Waals surface area contributed by atoms with Crippen molar-refractivity contribution in [1.29, 1.82) is 0 Å². The van der Waals surface area contributed by atoms with Gasteiger partial charge in [-0.25, -0.2) is 0 Å².